The highest BCUT2D eigenvalue weighted by molar-refractivity contribution is 6.02. The molecule has 0 aliphatic carbocycles. The van der Waals surface area contributed by atoms with Crippen molar-refractivity contribution in [2.75, 3.05) is 13.6 Å². The van der Waals surface area contributed by atoms with Crippen molar-refractivity contribution in [1.82, 2.24) is 15.4 Å². The number of ether oxygens (including phenoxy) is 2. The summed E-state index contributed by atoms with van der Waals surface area (Å²) in [7, 11) is 2.14. The molecule has 1 aromatic heterocycles. The molecule has 0 spiro atoms. The second-order valence-corrected chi connectivity index (χ2v) is 12.9. The van der Waals surface area contributed by atoms with Crippen LogP contribution >= 0.6 is 0 Å². The molecule has 1 aliphatic rings. The molecule has 2 heterocycles. The van der Waals surface area contributed by atoms with E-state index in [-0.39, 0.29) is 23.6 Å². The lowest BCUT2D eigenvalue weighted by Crippen LogP contribution is -2.30. The van der Waals surface area contributed by atoms with E-state index in [9.17, 15) is 4.79 Å². The zero-order chi connectivity index (χ0) is 32.9. The largest absolute Gasteiger partial charge is 0.488 e. The third-order valence-electron chi connectivity index (χ3n) is 8.48. The molecule has 4 aromatic carbocycles. The number of carbonyl (C=O) groups excluding carboxylic acids is 1. The van der Waals surface area contributed by atoms with E-state index in [1.54, 1.807) is 0 Å². The first-order valence-corrected chi connectivity index (χ1v) is 16.4. The molecule has 0 saturated carbocycles. The number of rotatable bonds is 11. The minimum absolute atomic E-state index is 0.0682. The molecule has 0 saturated heterocycles. The molecule has 0 atom stereocenters. The average Bonchev–Trinajstić information content (AvgIpc) is 3.52. The normalized spacial score (nSPS) is 13.1. The summed E-state index contributed by atoms with van der Waals surface area (Å²) < 4.78 is 18.9. The highest BCUT2D eigenvalue weighted by atomic mass is 16.5. The molecule has 7 heteroatoms. The van der Waals surface area contributed by atoms with Gasteiger partial charge in [-0.05, 0) is 72.7 Å². The van der Waals surface area contributed by atoms with Gasteiger partial charge in [-0.15, -0.1) is 0 Å². The van der Waals surface area contributed by atoms with Crippen molar-refractivity contribution < 1.29 is 18.8 Å². The summed E-state index contributed by atoms with van der Waals surface area (Å²) in [5.41, 5.74) is 8.55. The number of likely N-dealkylation sites (N-methyl/N-ethyl adjacent to an activating group) is 1. The summed E-state index contributed by atoms with van der Waals surface area (Å²) in [5, 5.41) is 7.59. The Morgan fingerprint density at radius 3 is 2.15 bits per heavy atom. The second-order valence-electron chi connectivity index (χ2n) is 12.9. The minimum atomic E-state index is -0.301. The molecule has 0 unspecified atom stereocenters. The van der Waals surface area contributed by atoms with Crippen LogP contribution in [0.15, 0.2) is 95.5 Å². The van der Waals surface area contributed by atoms with Crippen LogP contribution < -0.4 is 14.8 Å². The SMILES string of the molecule is CC(C)NC(=O)c1onc(-c2cc(C(C)C)c(OCc3ccccc3)cc2OCc2ccccc2)c1-c1ccc2c(c1)CCN(C)C2. The molecule has 5 aromatic rings. The summed E-state index contributed by atoms with van der Waals surface area (Å²) in [5.74, 6) is 1.38. The number of carbonyl (C=O) groups is 1. The first-order chi connectivity index (χ1) is 22.8. The van der Waals surface area contributed by atoms with Crippen LogP contribution in [0.25, 0.3) is 22.4 Å². The number of benzene rings is 4. The summed E-state index contributed by atoms with van der Waals surface area (Å²) in [6, 6.07) is 30.6. The van der Waals surface area contributed by atoms with Crippen molar-refractivity contribution in [3.8, 4) is 33.9 Å². The monoisotopic (exact) mass is 629 g/mol. The lowest BCUT2D eigenvalue weighted by molar-refractivity contribution is 0.0907. The first-order valence-electron chi connectivity index (χ1n) is 16.4. The van der Waals surface area contributed by atoms with Crippen molar-refractivity contribution in [3.05, 3.63) is 125 Å². The van der Waals surface area contributed by atoms with Gasteiger partial charge in [0.2, 0.25) is 5.76 Å². The van der Waals surface area contributed by atoms with Gasteiger partial charge in [0.05, 0.1) is 5.56 Å². The lowest BCUT2D eigenvalue weighted by Gasteiger charge is -2.25. The van der Waals surface area contributed by atoms with Gasteiger partial charge in [-0.1, -0.05) is 97.9 Å². The minimum Gasteiger partial charge on any atom is -0.488 e. The van der Waals surface area contributed by atoms with Gasteiger partial charge in [0.1, 0.15) is 30.4 Å². The number of nitrogens with one attached hydrogen (secondary N) is 1. The molecule has 0 fully saturated rings. The van der Waals surface area contributed by atoms with Gasteiger partial charge in [0, 0.05) is 30.8 Å². The fourth-order valence-corrected chi connectivity index (χ4v) is 6.00. The Kier molecular flexibility index (Phi) is 9.73. The quantitative estimate of drug-likeness (QED) is 0.158. The van der Waals surface area contributed by atoms with E-state index in [2.05, 4.69) is 72.7 Å². The number of amides is 1. The topological polar surface area (TPSA) is 76.8 Å². The van der Waals surface area contributed by atoms with Crippen LogP contribution in [-0.2, 0) is 26.2 Å². The number of fused-ring (bicyclic) bond motifs is 1. The van der Waals surface area contributed by atoms with Gasteiger partial charge in [0.15, 0.2) is 0 Å². The first kappa shape index (κ1) is 32.1. The van der Waals surface area contributed by atoms with E-state index in [1.807, 2.05) is 68.4 Å². The summed E-state index contributed by atoms with van der Waals surface area (Å²) in [4.78, 5) is 15.9. The van der Waals surface area contributed by atoms with E-state index in [0.29, 0.717) is 30.2 Å². The van der Waals surface area contributed by atoms with E-state index in [1.165, 1.54) is 11.1 Å². The maximum absolute atomic E-state index is 13.6. The van der Waals surface area contributed by atoms with Crippen molar-refractivity contribution in [1.29, 1.82) is 0 Å². The fourth-order valence-electron chi connectivity index (χ4n) is 6.00. The second kappa shape index (κ2) is 14.3. The predicted octanol–water partition coefficient (Wildman–Crippen LogP) is 8.42. The van der Waals surface area contributed by atoms with Crippen molar-refractivity contribution >= 4 is 5.91 Å². The molecule has 7 nitrogen and oxygen atoms in total. The molecular formula is C40H43N3O4. The molecule has 1 N–H and O–H groups in total. The summed E-state index contributed by atoms with van der Waals surface area (Å²) in [6.07, 6.45) is 0.935. The molecule has 0 radical (unpaired) electrons. The zero-order valence-electron chi connectivity index (χ0n) is 27.9. The summed E-state index contributed by atoms with van der Waals surface area (Å²) in [6.45, 7) is 10.8. The Morgan fingerprint density at radius 2 is 1.51 bits per heavy atom. The predicted molar refractivity (Wildman–Crippen MR) is 186 cm³/mol. The van der Waals surface area contributed by atoms with Gasteiger partial charge in [0.25, 0.3) is 5.91 Å². The average molecular weight is 630 g/mol. The van der Waals surface area contributed by atoms with Gasteiger partial charge in [-0.3, -0.25) is 4.79 Å². The highest BCUT2D eigenvalue weighted by Gasteiger charge is 2.29. The molecule has 0 bridgehead atoms. The van der Waals surface area contributed by atoms with Crippen LogP contribution in [0.3, 0.4) is 0 Å². The number of nitrogens with zero attached hydrogens (tertiary/aromatic N) is 2. The van der Waals surface area contributed by atoms with E-state index in [0.717, 1.165) is 53.1 Å². The van der Waals surface area contributed by atoms with Crippen molar-refractivity contribution in [3.63, 3.8) is 0 Å². The third kappa shape index (κ3) is 7.42. The standard InChI is InChI=1S/C40H43N3O4/c1-26(2)33-21-34(36(46-25-29-14-10-7-11-15-29)22-35(33)45-24-28-12-8-6-9-13-28)38-37(39(47-42-38)40(44)41-27(3)4)31-16-17-32-23-43(5)19-18-30(32)20-31/h6-17,20-22,26-27H,18-19,23-25H2,1-5H3,(H,41,44). The van der Waals surface area contributed by atoms with Gasteiger partial charge < -0.3 is 24.2 Å². The Labute approximate surface area is 277 Å². The van der Waals surface area contributed by atoms with Crippen molar-refractivity contribution in [2.24, 2.45) is 0 Å². The number of hydrogen-bond donors (Lipinski definition) is 1. The molecule has 1 amide bonds. The Hall–Kier alpha value is -4.88. The molecule has 242 valence electrons. The van der Waals surface area contributed by atoms with Crippen LogP contribution in [0.4, 0.5) is 0 Å². The number of hydrogen-bond acceptors (Lipinski definition) is 6. The van der Waals surface area contributed by atoms with E-state index < -0.39 is 0 Å². The fraction of sp³-hybridized carbons (Fsp3) is 0.300. The smallest absolute Gasteiger partial charge is 0.290 e. The zero-order valence-corrected chi connectivity index (χ0v) is 27.9. The van der Waals surface area contributed by atoms with Crippen LogP contribution in [0, 0.1) is 0 Å². The van der Waals surface area contributed by atoms with Crippen LogP contribution in [0.1, 0.15) is 72.0 Å². The van der Waals surface area contributed by atoms with Gasteiger partial charge >= 0.3 is 0 Å². The Balaban J connectivity index is 1.50. The Bertz CT molecular complexity index is 1830. The van der Waals surface area contributed by atoms with Crippen molar-refractivity contribution in [2.45, 2.75) is 65.8 Å². The van der Waals surface area contributed by atoms with Crippen LogP contribution in [0.5, 0.6) is 11.5 Å². The van der Waals surface area contributed by atoms with E-state index >= 15 is 0 Å². The van der Waals surface area contributed by atoms with Gasteiger partial charge in [-0.25, -0.2) is 0 Å². The van der Waals surface area contributed by atoms with E-state index in [4.69, 9.17) is 14.0 Å². The highest BCUT2D eigenvalue weighted by Crippen LogP contribution is 2.44. The lowest BCUT2D eigenvalue weighted by atomic mass is 9.91. The molecular weight excluding hydrogens is 586 g/mol. The molecule has 47 heavy (non-hydrogen) atoms. The van der Waals surface area contributed by atoms with Crippen LogP contribution in [-0.4, -0.2) is 35.6 Å². The third-order valence-corrected chi connectivity index (χ3v) is 8.48. The molecule has 6 rings (SSSR count). The maximum atomic E-state index is 13.6. The molecule has 1 aliphatic heterocycles. The maximum Gasteiger partial charge on any atom is 0.290 e. The van der Waals surface area contributed by atoms with Gasteiger partial charge in [-0.2, -0.15) is 0 Å². The number of aromatic nitrogens is 1. The van der Waals surface area contributed by atoms with Crippen LogP contribution in [0.2, 0.25) is 0 Å². The Morgan fingerprint density at radius 1 is 0.851 bits per heavy atom. The summed E-state index contributed by atoms with van der Waals surface area (Å²) >= 11 is 0.